The molecule has 2 atom stereocenters. The largest absolute Gasteiger partial charge is 0.469 e. The summed E-state index contributed by atoms with van der Waals surface area (Å²) in [5.41, 5.74) is 0. The molecule has 1 aliphatic rings. The third-order valence-corrected chi connectivity index (χ3v) is 2.17. The van der Waals surface area contributed by atoms with Gasteiger partial charge in [-0.15, -0.1) is 0 Å². The fourth-order valence-corrected chi connectivity index (χ4v) is 1.63. The standard InChI is InChI=1S/C8H12F2O3/c1-13-7(12)5-2-6(11)4-8(9,10)3-5/h5-6,11H,2-4H2,1H3/t5-,6+/m1/s1. The minimum Gasteiger partial charge on any atom is -0.469 e. The van der Waals surface area contributed by atoms with Gasteiger partial charge in [-0.05, 0) is 6.42 Å². The lowest BCUT2D eigenvalue weighted by Gasteiger charge is -2.30. The maximum atomic E-state index is 12.8. The Balaban J connectivity index is 2.62. The zero-order chi connectivity index (χ0) is 10.1. The molecule has 0 aromatic carbocycles. The summed E-state index contributed by atoms with van der Waals surface area (Å²) in [7, 11) is 1.15. The smallest absolute Gasteiger partial charge is 0.308 e. The van der Waals surface area contributed by atoms with Crippen LogP contribution < -0.4 is 0 Å². The maximum Gasteiger partial charge on any atom is 0.308 e. The van der Waals surface area contributed by atoms with Crippen molar-refractivity contribution in [2.75, 3.05) is 7.11 Å². The topological polar surface area (TPSA) is 46.5 Å². The minimum absolute atomic E-state index is 0.0717. The number of ether oxygens (including phenoxy) is 1. The molecule has 0 aromatic rings. The number of esters is 1. The molecule has 1 N–H and O–H groups in total. The average Bonchev–Trinajstić information content (AvgIpc) is 1.99. The van der Waals surface area contributed by atoms with Gasteiger partial charge in [-0.25, -0.2) is 8.78 Å². The summed E-state index contributed by atoms with van der Waals surface area (Å²) in [4.78, 5) is 10.9. The highest BCUT2D eigenvalue weighted by atomic mass is 19.3. The van der Waals surface area contributed by atoms with E-state index in [1.54, 1.807) is 0 Å². The van der Waals surface area contributed by atoms with Crippen LogP contribution in [-0.4, -0.2) is 30.2 Å². The molecule has 0 heterocycles. The van der Waals surface area contributed by atoms with E-state index in [0.717, 1.165) is 7.11 Å². The van der Waals surface area contributed by atoms with Gasteiger partial charge in [0, 0.05) is 12.8 Å². The summed E-state index contributed by atoms with van der Waals surface area (Å²) in [6.45, 7) is 0. The molecule has 1 fully saturated rings. The number of hydrogen-bond acceptors (Lipinski definition) is 3. The number of aliphatic hydroxyl groups excluding tert-OH is 1. The highest BCUT2D eigenvalue weighted by Crippen LogP contribution is 2.37. The van der Waals surface area contributed by atoms with Gasteiger partial charge in [-0.2, -0.15) is 0 Å². The summed E-state index contributed by atoms with van der Waals surface area (Å²) in [5.74, 6) is -4.49. The van der Waals surface area contributed by atoms with E-state index >= 15 is 0 Å². The normalized spacial score (nSPS) is 32.6. The first kappa shape index (κ1) is 10.4. The Morgan fingerprint density at radius 2 is 2.15 bits per heavy atom. The van der Waals surface area contributed by atoms with E-state index in [2.05, 4.69) is 4.74 Å². The third kappa shape index (κ3) is 2.62. The molecule has 3 nitrogen and oxygen atoms in total. The molecule has 0 unspecified atom stereocenters. The second-order valence-electron chi connectivity index (χ2n) is 3.37. The number of halogens is 2. The van der Waals surface area contributed by atoms with Crippen LogP contribution in [0, 0.1) is 5.92 Å². The summed E-state index contributed by atoms with van der Waals surface area (Å²) >= 11 is 0. The Morgan fingerprint density at radius 3 is 2.62 bits per heavy atom. The molecule has 0 radical (unpaired) electrons. The number of aliphatic hydroxyl groups is 1. The van der Waals surface area contributed by atoms with Crippen LogP contribution in [-0.2, 0) is 9.53 Å². The van der Waals surface area contributed by atoms with Crippen LogP contribution in [0.5, 0.6) is 0 Å². The van der Waals surface area contributed by atoms with E-state index in [1.807, 2.05) is 0 Å². The van der Waals surface area contributed by atoms with Crippen molar-refractivity contribution >= 4 is 5.97 Å². The zero-order valence-electron chi connectivity index (χ0n) is 7.30. The van der Waals surface area contributed by atoms with Crippen LogP contribution in [0.1, 0.15) is 19.3 Å². The fourth-order valence-electron chi connectivity index (χ4n) is 1.63. The van der Waals surface area contributed by atoms with Crippen molar-refractivity contribution < 1.29 is 23.4 Å². The van der Waals surface area contributed by atoms with Crippen molar-refractivity contribution in [3.8, 4) is 0 Å². The van der Waals surface area contributed by atoms with Crippen LogP contribution >= 0.6 is 0 Å². The van der Waals surface area contributed by atoms with Crippen LogP contribution in [0.4, 0.5) is 8.78 Å². The molecule has 0 aliphatic heterocycles. The molecule has 0 aromatic heterocycles. The Labute approximate surface area is 74.7 Å². The number of hydrogen-bond donors (Lipinski definition) is 1. The Kier molecular flexibility index (Phi) is 2.85. The highest BCUT2D eigenvalue weighted by Gasteiger charge is 2.43. The maximum absolute atomic E-state index is 12.8. The highest BCUT2D eigenvalue weighted by molar-refractivity contribution is 5.72. The Morgan fingerprint density at radius 1 is 1.54 bits per heavy atom. The van der Waals surface area contributed by atoms with Crippen LogP contribution in [0.25, 0.3) is 0 Å². The van der Waals surface area contributed by atoms with E-state index in [9.17, 15) is 13.6 Å². The molecule has 0 saturated heterocycles. The molecule has 1 aliphatic carbocycles. The van der Waals surface area contributed by atoms with Crippen molar-refractivity contribution in [2.24, 2.45) is 5.92 Å². The first-order chi connectivity index (χ1) is 5.94. The second-order valence-corrected chi connectivity index (χ2v) is 3.37. The number of methoxy groups -OCH3 is 1. The Hall–Kier alpha value is -0.710. The molecule has 0 amide bonds. The SMILES string of the molecule is COC(=O)[C@@H]1C[C@H](O)CC(F)(F)C1. The molecule has 5 heteroatoms. The average molecular weight is 194 g/mol. The van der Waals surface area contributed by atoms with Crippen LogP contribution in [0.2, 0.25) is 0 Å². The number of carbonyl (C=O) groups excluding carboxylic acids is 1. The van der Waals surface area contributed by atoms with E-state index in [0.29, 0.717) is 0 Å². The van der Waals surface area contributed by atoms with Crippen molar-refractivity contribution in [1.29, 1.82) is 0 Å². The van der Waals surface area contributed by atoms with Gasteiger partial charge in [0.2, 0.25) is 0 Å². The molecule has 76 valence electrons. The molecular formula is C8H12F2O3. The van der Waals surface area contributed by atoms with Gasteiger partial charge in [0.1, 0.15) is 0 Å². The van der Waals surface area contributed by atoms with Crippen LogP contribution in [0.15, 0.2) is 0 Å². The first-order valence-electron chi connectivity index (χ1n) is 4.08. The van der Waals surface area contributed by atoms with E-state index < -0.39 is 36.8 Å². The lowest BCUT2D eigenvalue weighted by molar-refractivity contribution is -0.158. The minimum atomic E-state index is -2.95. The lowest BCUT2D eigenvalue weighted by Crippen LogP contribution is -2.38. The first-order valence-corrected chi connectivity index (χ1v) is 4.08. The summed E-state index contributed by atoms with van der Waals surface area (Å²) in [6, 6.07) is 0. The van der Waals surface area contributed by atoms with Gasteiger partial charge in [0.05, 0.1) is 19.1 Å². The van der Waals surface area contributed by atoms with Gasteiger partial charge in [0.15, 0.2) is 0 Å². The molecular weight excluding hydrogens is 182 g/mol. The second kappa shape index (κ2) is 3.57. The molecule has 0 bridgehead atoms. The van der Waals surface area contributed by atoms with Gasteiger partial charge in [-0.1, -0.05) is 0 Å². The summed E-state index contributed by atoms with van der Waals surface area (Å²) < 4.78 is 30.0. The quantitative estimate of drug-likeness (QED) is 0.632. The third-order valence-electron chi connectivity index (χ3n) is 2.17. The Bertz CT molecular complexity index is 206. The van der Waals surface area contributed by atoms with Gasteiger partial charge >= 0.3 is 5.97 Å². The summed E-state index contributed by atoms with van der Waals surface area (Å²) in [6.07, 6.45) is -2.10. The fraction of sp³-hybridized carbons (Fsp3) is 0.875. The molecule has 13 heavy (non-hydrogen) atoms. The predicted octanol–water partition coefficient (Wildman–Crippen LogP) is 0.956. The zero-order valence-corrected chi connectivity index (χ0v) is 7.30. The monoisotopic (exact) mass is 194 g/mol. The number of rotatable bonds is 1. The van der Waals surface area contributed by atoms with Crippen molar-refractivity contribution in [1.82, 2.24) is 0 Å². The number of carbonyl (C=O) groups is 1. The predicted molar refractivity (Wildman–Crippen MR) is 40.3 cm³/mol. The van der Waals surface area contributed by atoms with Crippen molar-refractivity contribution in [3.05, 3.63) is 0 Å². The molecule has 1 rings (SSSR count). The summed E-state index contributed by atoms with van der Waals surface area (Å²) in [5, 5.41) is 9.07. The lowest BCUT2D eigenvalue weighted by atomic mass is 9.85. The van der Waals surface area contributed by atoms with E-state index in [1.165, 1.54) is 0 Å². The van der Waals surface area contributed by atoms with Crippen LogP contribution in [0.3, 0.4) is 0 Å². The van der Waals surface area contributed by atoms with Gasteiger partial charge in [-0.3, -0.25) is 4.79 Å². The van der Waals surface area contributed by atoms with E-state index in [4.69, 9.17) is 5.11 Å². The number of alkyl halides is 2. The van der Waals surface area contributed by atoms with Gasteiger partial charge in [0.25, 0.3) is 5.92 Å². The molecule has 0 spiro atoms. The van der Waals surface area contributed by atoms with Crippen molar-refractivity contribution in [3.63, 3.8) is 0 Å². The van der Waals surface area contributed by atoms with Gasteiger partial charge < -0.3 is 9.84 Å². The van der Waals surface area contributed by atoms with E-state index in [-0.39, 0.29) is 6.42 Å². The van der Waals surface area contributed by atoms with Crippen molar-refractivity contribution in [2.45, 2.75) is 31.3 Å². The molecule has 1 saturated carbocycles.